The first-order valence-electron chi connectivity index (χ1n) is 5.41. The molecule has 1 amide bonds. The van der Waals surface area contributed by atoms with Crippen LogP contribution in [0.5, 0.6) is 0 Å². The van der Waals surface area contributed by atoms with Gasteiger partial charge < -0.3 is 14.6 Å². The molecule has 90 valence electrons. The number of rotatable bonds is 3. The average molecular weight is 236 g/mol. The highest BCUT2D eigenvalue weighted by Crippen LogP contribution is 2.18. The molecule has 1 heterocycles. The van der Waals surface area contributed by atoms with Crippen molar-refractivity contribution in [3.05, 3.63) is 30.1 Å². The van der Waals surface area contributed by atoms with Crippen molar-refractivity contribution in [1.29, 1.82) is 0 Å². The summed E-state index contributed by atoms with van der Waals surface area (Å²) >= 11 is 0. The van der Waals surface area contributed by atoms with Crippen LogP contribution in [0.15, 0.2) is 24.3 Å². The zero-order chi connectivity index (χ0) is 12.3. The van der Waals surface area contributed by atoms with E-state index in [9.17, 15) is 14.0 Å². The normalized spacial score (nSPS) is 20.2. The van der Waals surface area contributed by atoms with E-state index in [4.69, 9.17) is 0 Å². The highest BCUT2D eigenvalue weighted by atomic mass is 19.1. The zero-order valence-electron chi connectivity index (χ0n) is 9.25. The van der Waals surface area contributed by atoms with Crippen LogP contribution >= 0.6 is 0 Å². The van der Waals surface area contributed by atoms with Crippen LogP contribution < -0.4 is 4.90 Å². The van der Waals surface area contributed by atoms with Gasteiger partial charge in [0.05, 0.1) is 0 Å². The van der Waals surface area contributed by atoms with E-state index in [1.54, 1.807) is 12.1 Å². The largest absolute Gasteiger partial charge is 0.367 e. The van der Waals surface area contributed by atoms with Gasteiger partial charge in [0.25, 0.3) is 0 Å². The van der Waals surface area contributed by atoms with Gasteiger partial charge >= 0.3 is 0 Å². The molecule has 1 fully saturated rings. The molecule has 1 unspecified atom stereocenters. The molecule has 0 saturated carbocycles. The van der Waals surface area contributed by atoms with Crippen molar-refractivity contribution in [1.82, 2.24) is 4.90 Å². The lowest BCUT2D eigenvalue weighted by Crippen LogP contribution is -2.53. The van der Waals surface area contributed by atoms with E-state index in [0.29, 0.717) is 26.0 Å². The third-order valence-corrected chi connectivity index (χ3v) is 2.95. The predicted molar refractivity (Wildman–Crippen MR) is 61.2 cm³/mol. The Bertz CT molecular complexity index is 407. The minimum Gasteiger partial charge on any atom is -0.367 e. The number of benzene rings is 1. The van der Waals surface area contributed by atoms with E-state index in [-0.39, 0.29) is 5.82 Å². The van der Waals surface area contributed by atoms with E-state index in [1.807, 2.05) is 4.90 Å². The summed E-state index contributed by atoms with van der Waals surface area (Å²) in [5, 5.41) is 0. The Kier molecular flexibility index (Phi) is 3.37. The quantitative estimate of drug-likeness (QED) is 0.724. The molecule has 1 aromatic carbocycles. The van der Waals surface area contributed by atoms with E-state index < -0.39 is 6.04 Å². The Labute approximate surface area is 98.6 Å². The maximum atomic E-state index is 12.8. The second-order valence-corrected chi connectivity index (χ2v) is 3.97. The lowest BCUT2D eigenvalue weighted by Gasteiger charge is -2.38. The van der Waals surface area contributed by atoms with Crippen LogP contribution in [-0.4, -0.2) is 43.3 Å². The highest BCUT2D eigenvalue weighted by molar-refractivity contribution is 5.66. The van der Waals surface area contributed by atoms with Crippen molar-refractivity contribution in [2.45, 2.75) is 6.04 Å². The van der Waals surface area contributed by atoms with E-state index >= 15 is 0 Å². The number of piperazine rings is 1. The van der Waals surface area contributed by atoms with Gasteiger partial charge in [0.2, 0.25) is 6.41 Å². The molecule has 17 heavy (non-hydrogen) atoms. The zero-order valence-corrected chi connectivity index (χ0v) is 9.25. The topological polar surface area (TPSA) is 40.6 Å². The first-order chi connectivity index (χ1) is 8.24. The van der Waals surface area contributed by atoms with Gasteiger partial charge in [-0.25, -0.2) is 4.39 Å². The summed E-state index contributed by atoms with van der Waals surface area (Å²) in [6.07, 6.45) is 1.46. The first-order valence-corrected chi connectivity index (χ1v) is 5.41. The predicted octanol–water partition coefficient (Wildman–Crippen LogP) is 0.672. The van der Waals surface area contributed by atoms with E-state index in [1.165, 1.54) is 17.0 Å². The molecule has 1 saturated heterocycles. The Morgan fingerprint density at radius 1 is 1.18 bits per heavy atom. The molecule has 1 aliphatic rings. The molecule has 4 nitrogen and oxygen atoms in total. The van der Waals surface area contributed by atoms with Crippen LogP contribution in [0.1, 0.15) is 0 Å². The van der Waals surface area contributed by atoms with Crippen LogP contribution in [0.2, 0.25) is 0 Å². The lowest BCUT2D eigenvalue weighted by atomic mass is 10.1. The van der Waals surface area contributed by atoms with E-state index in [2.05, 4.69) is 0 Å². The summed E-state index contributed by atoms with van der Waals surface area (Å²) in [6.45, 7) is 1.60. The van der Waals surface area contributed by atoms with Crippen molar-refractivity contribution >= 4 is 18.4 Å². The summed E-state index contributed by atoms with van der Waals surface area (Å²) in [7, 11) is 0. The lowest BCUT2D eigenvalue weighted by molar-refractivity contribution is -0.125. The molecule has 0 N–H and O–H groups in total. The molecule has 1 atom stereocenters. The average Bonchev–Trinajstić information content (AvgIpc) is 2.39. The van der Waals surface area contributed by atoms with Crippen molar-refractivity contribution in [3.63, 3.8) is 0 Å². The second kappa shape index (κ2) is 4.95. The number of amides is 1. The number of halogens is 1. The SMILES string of the molecule is O=CC1CN(c2ccc(F)cc2)CCN1C=O. The maximum absolute atomic E-state index is 12.8. The number of carbonyl (C=O) groups excluding carboxylic acids is 2. The van der Waals surface area contributed by atoms with E-state index in [0.717, 1.165) is 12.0 Å². The number of hydrogen-bond donors (Lipinski definition) is 0. The fourth-order valence-electron chi connectivity index (χ4n) is 1.96. The molecule has 5 heteroatoms. The molecule has 0 radical (unpaired) electrons. The monoisotopic (exact) mass is 236 g/mol. The standard InChI is InChI=1S/C12H13FN2O2/c13-10-1-3-11(4-2-10)14-5-6-15(9-17)12(7-14)8-16/h1-4,8-9,12H,5-7H2. The third-order valence-electron chi connectivity index (χ3n) is 2.95. The Morgan fingerprint density at radius 3 is 2.47 bits per heavy atom. The number of anilines is 1. The summed E-state index contributed by atoms with van der Waals surface area (Å²) < 4.78 is 12.8. The van der Waals surface area contributed by atoms with Gasteiger partial charge in [-0.15, -0.1) is 0 Å². The molecule has 2 rings (SSSR count). The van der Waals surface area contributed by atoms with Gasteiger partial charge in [0, 0.05) is 25.3 Å². The second-order valence-electron chi connectivity index (χ2n) is 3.97. The summed E-state index contributed by atoms with van der Waals surface area (Å²) in [5.74, 6) is -0.285. The van der Waals surface area contributed by atoms with Crippen LogP contribution in [0, 0.1) is 5.82 Å². The molecule has 0 spiro atoms. The number of aldehydes is 1. The van der Waals surface area contributed by atoms with Crippen LogP contribution in [0.3, 0.4) is 0 Å². The van der Waals surface area contributed by atoms with Gasteiger partial charge in [-0.1, -0.05) is 0 Å². The highest BCUT2D eigenvalue weighted by Gasteiger charge is 2.25. The molecule has 0 bridgehead atoms. The van der Waals surface area contributed by atoms with Crippen molar-refractivity contribution in [3.8, 4) is 0 Å². The van der Waals surface area contributed by atoms with Crippen molar-refractivity contribution in [2.75, 3.05) is 24.5 Å². The number of nitrogens with zero attached hydrogens (tertiary/aromatic N) is 2. The maximum Gasteiger partial charge on any atom is 0.210 e. The van der Waals surface area contributed by atoms with Gasteiger partial charge in [-0.3, -0.25) is 4.79 Å². The van der Waals surface area contributed by atoms with Gasteiger partial charge in [0.1, 0.15) is 18.1 Å². The molecular weight excluding hydrogens is 223 g/mol. The Hall–Kier alpha value is -1.91. The van der Waals surface area contributed by atoms with Crippen LogP contribution in [0.4, 0.5) is 10.1 Å². The van der Waals surface area contributed by atoms with Gasteiger partial charge in [-0.2, -0.15) is 0 Å². The van der Waals surface area contributed by atoms with Crippen LogP contribution in [0.25, 0.3) is 0 Å². The molecule has 0 aromatic heterocycles. The number of carbonyl (C=O) groups is 2. The number of hydrogen-bond acceptors (Lipinski definition) is 3. The minimum absolute atomic E-state index is 0.285. The van der Waals surface area contributed by atoms with Crippen molar-refractivity contribution < 1.29 is 14.0 Å². The minimum atomic E-state index is -0.425. The Balaban J connectivity index is 2.11. The third kappa shape index (κ3) is 2.43. The summed E-state index contributed by atoms with van der Waals surface area (Å²) in [4.78, 5) is 25.0. The van der Waals surface area contributed by atoms with Crippen LogP contribution in [-0.2, 0) is 9.59 Å². The first kappa shape index (κ1) is 11.6. The van der Waals surface area contributed by atoms with Gasteiger partial charge in [-0.05, 0) is 24.3 Å². The Morgan fingerprint density at radius 2 is 1.88 bits per heavy atom. The summed E-state index contributed by atoms with van der Waals surface area (Å²) in [5.41, 5.74) is 0.865. The van der Waals surface area contributed by atoms with Crippen molar-refractivity contribution in [2.24, 2.45) is 0 Å². The smallest absolute Gasteiger partial charge is 0.210 e. The fraction of sp³-hybridized carbons (Fsp3) is 0.333. The summed E-state index contributed by atoms with van der Waals surface area (Å²) in [6, 6.07) is 5.70. The molecular formula is C12H13FN2O2. The molecule has 1 aromatic rings. The fourth-order valence-corrected chi connectivity index (χ4v) is 1.96. The molecule has 1 aliphatic heterocycles. The van der Waals surface area contributed by atoms with Gasteiger partial charge in [0.15, 0.2) is 0 Å². The molecule has 0 aliphatic carbocycles.